The summed E-state index contributed by atoms with van der Waals surface area (Å²) in [5.41, 5.74) is 3.29. The lowest BCUT2D eigenvalue weighted by Crippen LogP contribution is -2.40. The van der Waals surface area contributed by atoms with Gasteiger partial charge >= 0.3 is 6.09 Å². The number of benzene rings is 2. The van der Waals surface area contributed by atoms with Crippen molar-refractivity contribution in [3.05, 3.63) is 78.1 Å². The number of carbonyl (C=O) groups excluding carboxylic acids is 1. The van der Waals surface area contributed by atoms with Crippen LogP contribution in [0.4, 0.5) is 16.6 Å². The minimum atomic E-state index is -0.533. The smallest absolute Gasteiger partial charge is 0.407 e. The summed E-state index contributed by atoms with van der Waals surface area (Å²) in [5.74, 6) is 1.43. The van der Waals surface area contributed by atoms with Crippen LogP contribution in [0.5, 0.6) is 0 Å². The third kappa shape index (κ3) is 5.99. The van der Waals surface area contributed by atoms with Crippen LogP contribution >= 0.6 is 0 Å². The van der Waals surface area contributed by atoms with Gasteiger partial charge in [-0.25, -0.2) is 9.78 Å². The quantitative estimate of drug-likeness (QED) is 0.338. The summed E-state index contributed by atoms with van der Waals surface area (Å²) in [6, 6.07) is 20.9. The molecule has 9 heteroatoms. The highest BCUT2D eigenvalue weighted by atomic mass is 16.6. The first-order chi connectivity index (χ1) is 17.9. The Morgan fingerprint density at radius 2 is 1.76 bits per heavy atom. The van der Waals surface area contributed by atoms with Crippen molar-refractivity contribution in [2.45, 2.75) is 44.8 Å². The fourth-order valence-electron chi connectivity index (χ4n) is 4.62. The van der Waals surface area contributed by atoms with Gasteiger partial charge in [0.25, 0.3) is 0 Å². The maximum absolute atomic E-state index is 12.2. The Balaban J connectivity index is 1.34. The summed E-state index contributed by atoms with van der Waals surface area (Å²) in [6.07, 6.45) is 2.02. The molecule has 1 atom stereocenters. The van der Waals surface area contributed by atoms with Crippen LogP contribution in [0, 0.1) is 0 Å². The number of ether oxygens (including phenoxy) is 1. The molecule has 0 aliphatic carbocycles. The van der Waals surface area contributed by atoms with Gasteiger partial charge in [-0.3, -0.25) is 0 Å². The second kappa shape index (κ2) is 10.5. The maximum atomic E-state index is 12.2. The normalized spacial score (nSPS) is 15.8. The molecule has 0 spiro atoms. The number of aromatic nitrogens is 4. The molecule has 2 aromatic heterocycles. The number of anilines is 2. The largest absolute Gasteiger partial charge is 0.444 e. The first-order valence-electron chi connectivity index (χ1n) is 12.6. The molecule has 0 unspecified atom stereocenters. The van der Waals surface area contributed by atoms with Crippen LogP contribution in [0.3, 0.4) is 0 Å². The molecular weight excluding hydrogens is 466 g/mol. The average molecular weight is 500 g/mol. The molecule has 1 aliphatic heterocycles. The highest BCUT2D eigenvalue weighted by Gasteiger charge is 2.28. The molecule has 1 amide bonds. The van der Waals surface area contributed by atoms with Crippen molar-refractivity contribution in [2.24, 2.45) is 0 Å². The molecule has 1 aliphatic rings. The molecule has 3 N–H and O–H groups in total. The van der Waals surface area contributed by atoms with Gasteiger partial charge in [-0.1, -0.05) is 60.7 Å². The fraction of sp³-hybridized carbons (Fsp3) is 0.357. The van der Waals surface area contributed by atoms with Gasteiger partial charge in [-0.15, -0.1) is 0 Å². The summed E-state index contributed by atoms with van der Waals surface area (Å²) in [7, 11) is 0. The molecule has 2 aromatic carbocycles. The minimum Gasteiger partial charge on any atom is -0.444 e. The van der Waals surface area contributed by atoms with Crippen LogP contribution in [-0.4, -0.2) is 57.3 Å². The second-order valence-corrected chi connectivity index (χ2v) is 10.3. The molecule has 37 heavy (non-hydrogen) atoms. The molecule has 1 fully saturated rings. The minimum absolute atomic E-state index is 0.0344. The van der Waals surface area contributed by atoms with E-state index in [0.717, 1.165) is 13.0 Å². The van der Waals surface area contributed by atoms with Crippen molar-refractivity contribution in [3.63, 3.8) is 0 Å². The highest BCUT2D eigenvalue weighted by molar-refractivity contribution is 5.84. The average Bonchev–Trinajstić information content (AvgIpc) is 3.54. The van der Waals surface area contributed by atoms with Crippen molar-refractivity contribution in [2.75, 3.05) is 29.9 Å². The number of carbonyl (C=O) groups is 1. The Morgan fingerprint density at radius 1 is 1.08 bits per heavy atom. The van der Waals surface area contributed by atoms with E-state index in [2.05, 4.69) is 74.0 Å². The van der Waals surface area contributed by atoms with Crippen LogP contribution in [0.15, 0.2) is 67.0 Å². The van der Waals surface area contributed by atoms with E-state index in [4.69, 9.17) is 14.7 Å². The molecule has 192 valence electrons. The van der Waals surface area contributed by atoms with Gasteiger partial charge in [0.15, 0.2) is 11.5 Å². The van der Waals surface area contributed by atoms with Gasteiger partial charge < -0.3 is 25.3 Å². The van der Waals surface area contributed by atoms with Gasteiger partial charge in [0.05, 0.1) is 12.4 Å². The number of nitrogens with one attached hydrogen (secondary N) is 3. The number of imidazole rings is 1. The zero-order chi connectivity index (χ0) is 25.8. The predicted octanol–water partition coefficient (Wildman–Crippen LogP) is 4.70. The van der Waals surface area contributed by atoms with E-state index in [1.807, 2.05) is 32.9 Å². The molecule has 1 saturated heterocycles. The lowest BCUT2D eigenvalue weighted by atomic mass is 9.91. The molecule has 0 radical (unpaired) electrons. The van der Waals surface area contributed by atoms with Gasteiger partial charge in [0.2, 0.25) is 5.95 Å². The Labute approximate surface area is 216 Å². The van der Waals surface area contributed by atoms with E-state index in [1.54, 1.807) is 6.33 Å². The predicted molar refractivity (Wildman–Crippen MR) is 145 cm³/mol. The monoisotopic (exact) mass is 499 g/mol. The lowest BCUT2D eigenvalue weighted by molar-refractivity contribution is 0.0509. The summed E-state index contributed by atoms with van der Waals surface area (Å²) >= 11 is 0. The first kappa shape index (κ1) is 24.5. The number of hydrogen-bond acceptors (Lipinski definition) is 7. The SMILES string of the molecule is CC(C)(C)OC(=O)N[C@@H]1CCN(c2nc(NCC(c3ccccc3)c3ccccc3)c3nc[nH]c3n2)C1. The zero-order valence-electron chi connectivity index (χ0n) is 21.4. The number of fused-ring (bicyclic) bond motifs is 1. The summed E-state index contributed by atoms with van der Waals surface area (Å²) in [6.45, 7) is 7.56. The molecule has 0 bridgehead atoms. The topological polar surface area (TPSA) is 108 Å². The second-order valence-electron chi connectivity index (χ2n) is 10.3. The highest BCUT2D eigenvalue weighted by Crippen LogP contribution is 2.28. The number of rotatable bonds is 7. The first-order valence-corrected chi connectivity index (χ1v) is 12.6. The third-order valence-electron chi connectivity index (χ3n) is 6.34. The fourth-order valence-corrected chi connectivity index (χ4v) is 4.62. The molecule has 5 rings (SSSR count). The Morgan fingerprint density at radius 3 is 2.41 bits per heavy atom. The van der Waals surface area contributed by atoms with Gasteiger partial charge in [-0.05, 0) is 38.3 Å². The van der Waals surface area contributed by atoms with Crippen LogP contribution < -0.4 is 15.5 Å². The standard InChI is InChI=1S/C28H33N7O2/c1-28(2,3)37-27(36)32-21-14-15-35(17-21)26-33-24(23-25(34-26)31-18-30-23)29-16-22(19-10-6-4-7-11-19)20-12-8-5-9-13-20/h4-13,18,21-22H,14-17H2,1-3H3,(H,32,36)(H2,29,30,31,33,34)/t21-/m1/s1. The van der Waals surface area contributed by atoms with Crippen molar-refractivity contribution >= 4 is 29.0 Å². The van der Waals surface area contributed by atoms with E-state index in [1.165, 1.54) is 11.1 Å². The number of amides is 1. The van der Waals surface area contributed by atoms with Crippen molar-refractivity contribution < 1.29 is 9.53 Å². The third-order valence-corrected chi connectivity index (χ3v) is 6.34. The van der Waals surface area contributed by atoms with Crippen LogP contribution in [0.25, 0.3) is 11.2 Å². The van der Waals surface area contributed by atoms with Crippen molar-refractivity contribution in [3.8, 4) is 0 Å². The number of hydrogen-bond donors (Lipinski definition) is 3. The lowest BCUT2D eigenvalue weighted by Gasteiger charge is -2.22. The summed E-state index contributed by atoms with van der Waals surface area (Å²) < 4.78 is 5.41. The van der Waals surface area contributed by atoms with Gasteiger partial charge in [0, 0.05) is 25.6 Å². The zero-order valence-corrected chi connectivity index (χ0v) is 21.4. The van der Waals surface area contributed by atoms with E-state index in [-0.39, 0.29) is 12.0 Å². The van der Waals surface area contributed by atoms with Crippen molar-refractivity contribution in [1.29, 1.82) is 0 Å². The molecule has 4 aromatic rings. The van der Waals surface area contributed by atoms with E-state index >= 15 is 0 Å². The van der Waals surface area contributed by atoms with E-state index < -0.39 is 11.7 Å². The van der Waals surface area contributed by atoms with E-state index in [9.17, 15) is 4.79 Å². The Kier molecular flexibility index (Phi) is 6.94. The van der Waals surface area contributed by atoms with Crippen LogP contribution in [0.2, 0.25) is 0 Å². The van der Waals surface area contributed by atoms with Crippen molar-refractivity contribution in [1.82, 2.24) is 25.3 Å². The van der Waals surface area contributed by atoms with Crippen LogP contribution in [-0.2, 0) is 4.74 Å². The Hall–Kier alpha value is -4.14. The maximum Gasteiger partial charge on any atom is 0.407 e. The molecule has 3 heterocycles. The molecule has 9 nitrogen and oxygen atoms in total. The van der Waals surface area contributed by atoms with E-state index in [0.29, 0.717) is 36.0 Å². The number of alkyl carbamates (subject to hydrolysis) is 1. The van der Waals surface area contributed by atoms with Gasteiger partial charge in [-0.2, -0.15) is 9.97 Å². The van der Waals surface area contributed by atoms with Crippen LogP contribution in [0.1, 0.15) is 44.2 Å². The molecular formula is C28H33N7O2. The number of H-pyrrole nitrogens is 1. The summed E-state index contributed by atoms with van der Waals surface area (Å²) in [4.78, 5) is 31.5. The number of aromatic amines is 1. The molecule has 0 saturated carbocycles. The Bertz CT molecular complexity index is 1300. The number of nitrogens with zero attached hydrogens (tertiary/aromatic N) is 4. The van der Waals surface area contributed by atoms with Gasteiger partial charge in [0.1, 0.15) is 11.1 Å². The summed E-state index contributed by atoms with van der Waals surface area (Å²) in [5, 5.41) is 6.52.